The highest BCUT2D eigenvalue weighted by Crippen LogP contribution is 2.20. The molecule has 2 aromatic heterocycles. The van der Waals surface area contributed by atoms with Gasteiger partial charge in [0, 0.05) is 31.1 Å². The maximum atomic E-state index is 5.77. The van der Waals surface area contributed by atoms with Crippen molar-refractivity contribution in [3.8, 4) is 11.3 Å². The Morgan fingerprint density at radius 1 is 1.12 bits per heavy atom. The Hall–Kier alpha value is -1.46. The smallest absolute Gasteiger partial charge is 0.224 e. The Kier molecular flexibility index (Phi) is 3.17. The van der Waals surface area contributed by atoms with Gasteiger partial charge in [0.15, 0.2) is 0 Å². The van der Waals surface area contributed by atoms with E-state index in [2.05, 4.69) is 25.3 Å². The first-order valence-electron chi connectivity index (χ1n) is 4.39. The monoisotopic (exact) mass is 255 g/mol. The average molecular weight is 256 g/mol. The standard InChI is InChI=1S/C9H7Cl2N5/c1-12-9-13-3-5(4-14-9)6-2-7(10)16-8(11)15-6/h2-4H,1H3,(H,12,13,14). The normalized spacial score (nSPS) is 10.2. The Morgan fingerprint density at radius 2 is 1.81 bits per heavy atom. The van der Waals surface area contributed by atoms with Crippen molar-refractivity contribution >= 4 is 29.2 Å². The molecule has 7 heteroatoms. The zero-order valence-electron chi connectivity index (χ0n) is 8.28. The van der Waals surface area contributed by atoms with E-state index in [1.807, 2.05) is 0 Å². The third kappa shape index (κ3) is 2.37. The van der Waals surface area contributed by atoms with Crippen LogP contribution in [0.15, 0.2) is 18.5 Å². The summed E-state index contributed by atoms with van der Waals surface area (Å²) in [5.74, 6) is 0.537. The van der Waals surface area contributed by atoms with Crippen LogP contribution in [0.2, 0.25) is 10.4 Å². The maximum absolute atomic E-state index is 5.77. The molecule has 0 spiro atoms. The second kappa shape index (κ2) is 4.59. The molecule has 0 radical (unpaired) electrons. The molecule has 16 heavy (non-hydrogen) atoms. The Balaban J connectivity index is 2.42. The Morgan fingerprint density at radius 3 is 2.38 bits per heavy atom. The Bertz CT molecular complexity index is 480. The van der Waals surface area contributed by atoms with Crippen molar-refractivity contribution in [2.75, 3.05) is 12.4 Å². The van der Waals surface area contributed by atoms with Crippen LogP contribution < -0.4 is 5.32 Å². The number of hydrogen-bond acceptors (Lipinski definition) is 5. The van der Waals surface area contributed by atoms with Crippen LogP contribution in [-0.2, 0) is 0 Å². The summed E-state index contributed by atoms with van der Waals surface area (Å²) in [4.78, 5) is 15.9. The summed E-state index contributed by atoms with van der Waals surface area (Å²) < 4.78 is 0. The summed E-state index contributed by atoms with van der Waals surface area (Å²) in [7, 11) is 1.74. The third-order valence-corrected chi connectivity index (χ3v) is 2.20. The lowest BCUT2D eigenvalue weighted by Gasteiger charge is -2.02. The van der Waals surface area contributed by atoms with Gasteiger partial charge in [0.25, 0.3) is 0 Å². The molecule has 2 heterocycles. The fraction of sp³-hybridized carbons (Fsp3) is 0.111. The van der Waals surface area contributed by atoms with Gasteiger partial charge >= 0.3 is 0 Å². The molecule has 0 saturated carbocycles. The van der Waals surface area contributed by atoms with Gasteiger partial charge in [0.2, 0.25) is 11.2 Å². The molecule has 0 aliphatic carbocycles. The lowest BCUT2D eigenvalue weighted by atomic mass is 10.2. The van der Waals surface area contributed by atoms with Gasteiger partial charge in [0.1, 0.15) is 5.15 Å². The minimum absolute atomic E-state index is 0.0974. The predicted molar refractivity (Wildman–Crippen MR) is 62.6 cm³/mol. The van der Waals surface area contributed by atoms with Crippen LogP contribution in [0.5, 0.6) is 0 Å². The topological polar surface area (TPSA) is 63.6 Å². The highest BCUT2D eigenvalue weighted by Gasteiger charge is 2.05. The van der Waals surface area contributed by atoms with Crippen molar-refractivity contribution in [3.63, 3.8) is 0 Å². The third-order valence-electron chi connectivity index (χ3n) is 1.84. The van der Waals surface area contributed by atoms with E-state index in [1.54, 1.807) is 25.5 Å². The SMILES string of the molecule is CNc1ncc(-c2cc(Cl)nc(Cl)n2)cn1. The molecular weight excluding hydrogens is 249 g/mol. The van der Waals surface area contributed by atoms with Crippen LogP contribution in [0.3, 0.4) is 0 Å². The van der Waals surface area contributed by atoms with Gasteiger partial charge in [-0.05, 0) is 11.6 Å². The molecule has 0 amide bonds. The van der Waals surface area contributed by atoms with E-state index in [0.717, 1.165) is 5.56 Å². The molecule has 0 fully saturated rings. The summed E-state index contributed by atoms with van der Waals surface area (Å²) in [6.45, 7) is 0. The van der Waals surface area contributed by atoms with Crippen molar-refractivity contribution in [2.45, 2.75) is 0 Å². The zero-order valence-corrected chi connectivity index (χ0v) is 9.79. The first-order valence-corrected chi connectivity index (χ1v) is 5.15. The van der Waals surface area contributed by atoms with Gasteiger partial charge in [-0.2, -0.15) is 0 Å². The van der Waals surface area contributed by atoms with Crippen molar-refractivity contribution in [2.24, 2.45) is 0 Å². The number of nitrogens with one attached hydrogen (secondary N) is 1. The van der Waals surface area contributed by atoms with E-state index in [0.29, 0.717) is 11.6 Å². The first-order chi connectivity index (χ1) is 7.69. The van der Waals surface area contributed by atoms with Crippen LogP contribution in [0.1, 0.15) is 0 Å². The van der Waals surface area contributed by atoms with E-state index in [4.69, 9.17) is 23.2 Å². The Labute approximate surface area is 102 Å². The molecule has 0 unspecified atom stereocenters. The van der Waals surface area contributed by atoms with Gasteiger partial charge < -0.3 is 5.32 Å². The fourth-order valence-electron chi connectivity index (χ4n) is 1.13. The minimum Gasteiger partial charge on any atom is -0.357 e. The zero-order chi connectivity index (χ0) is 11.5. The lowest BCUT2D eigenvalue weighted by Crippen LogP contribution is -1.96. The second-order valence-corrected chi connectivity index (χ2v) is 3.62. The molecule has 2 rings (SSSR count). The fourth-order valence-corrected chi connectivity index (χ4v) is 1.54. The van der Waals surface area contributed by atoms with Crippen molar-refractivity contribution in [3.05, 3.63) is 28.9 Å². The van der Waals surface area contributed by atoms with Crippen LogP contribution in [0.4, 0.5) is 5.95 Å². The second-order valence-electron chi connectivity index (χ2n) is 2.89. The van der Waals surface area contributed by atoms with Crippen LogP contribution in [-0.4, -0.2) is 27.0 Å². The van der Waals surface area contributed by atoms with Crippen molar-refractivity contribution in [1.82, 2.24) is 19.9 Å². The van der Waals surface area contributed by atoms with E-state index in [1.165, 1.54) is 0 Å². The molecule has 0 aromatic carbocycles. The van der Waals surface area contributed by atoms with Gasteiger partial charge in [-0.1, -0.05) is 11.6 Å². The molecule has 0 saturated heterocycles. The highest BCUT2D eigenvalue weighted by atomic mass is 35.5. The molecule has 1 N–H and O–H groups in total. The molecule has 5 nitrogen and oxygen atoms in total. The number of aromatic nitrogens is 4. The van der Waals surface area contributed by atoms with Crippen LogP contribution >= 0.6 is 23.2 Å². The van der Waals surface area contributed by atoms with Crippen LogP contribution in [0, 0.1) is 0 Å². The van der Waals surface area contributed by atoms with Crippen molar-refractivity contribution in [1.29, 1.82) is 0 Å². The highest BCUT2D eigenvalue weighted by molar-refractivity contribution is 6.32. The molecular formula is C9H7Cl2N5. The summed E-state index contributed by atoms with van der Waals surface area (Å²) in [5.41, 5.74) is 1.32. The first kappa shape index (κ1) is 11.0. The summed E-state index contributed by atoms with van der Waals surface area (Å²) in [6, 6.07) is 1.60. The van der Waals surface area contributed by atoms with Gasteiger partial charge in [-0.3, -0.25) is 0 Å². The van der Waals surface area contributed by atoms with Gasteiger partial charge in [-0.15, -0.1) is 0 Å². The number of anilines is 1. The number of hydrogen-bond donors (Lipinski definition) is 1. The minimum atomic E-state index is 0.0974. The molecule has 2 aromatic rings. The van der Waals surface area contributed by atoms with Crippen molar-refractivity contribution < 1.29 is 0 Å². The largest absolute Gasteiger partial charge is 0.357 e. The van der Waals surface area contributed by atoms with E-state index < -0.39 is 0 Å². The molecule has 0 aliphatic heterocycles. The molecule has 0 bridgehead atoms. The van der Waals surface area contributed by atoms with E-state index >= 15 is 0 Å². The summed E-state index contributed by atoms with van der Waals surface area (Å²) >= 11 is 11.5. The summed E-state index contributed by atoms with van der Waals surface area (Å²) in [6.07, 6.45) is 3.27. The molecule has 0 atom stereocenters. The average Bonchev–Trinajstić information content (AvgIpc) is 2.28. The van der Waals surface area contributed by atoms with Gasteiger partial charge in [-0.25, -0.2) is 19.9 Å². The summed E-state index contributed by atoms with van der Waals surface area (Å²) in [5, 5.41) is 3.20. The van der Waals surface area contributed by atoms with Crippen LogP contribution in [0.25, 0.3) is 11.3 Å². The predicted octanol–water partition coefficient (Wildman–Crippen LogP) is 2.28. The quantitative estimate of drug-likeness (QED) is 0.659. The molecule has 0 aliphatic rings. The lowest BCUT2D eigenvalue weighted by molar-refractivity contribution is 1.13. The molecule has 82 valence electrons. The number of nitrogens with zero attached hydrogens (tertiary/aromatic N) is 4. The maximum Gasteiger partial charge on any atom is 0.224 e. The number of rotatable bonds is 2. The van der Waals surface area contributed by atoms with E-state index in [-0.39, 0.29) is 10.4 Å². The van der Waals surface area contributed by atoms with E-state index in [9.17, 15) is 0 Å². The van der Waals surface area contributed by atoms with Gasteiger partial charge in [0.05, 0.1) is 5.69 Å². The number of halogens is 2.